The molecule has 8 rings (SSSR count). The number of halogens is 1. The molecule has 354 valence electrons. The average molecular weight is 949 g/mol. The maximum atomic E-state index is 13.8. The Bertz CT molecular complexity index is 2680. The molecule has 0 amide bonds. The van der Waals surface area contributed by atoms with Gasteiger partial charge in [0.2, 0.25) is 0 Å². The van der Waals surface area contributed by atoms with Crippen molar-refractivity contribution >= 4 is 46.1 Å². The van der Waals surface area contributed by atoms with Crippen LogP contribution in [0.25, 0.3) is 33.4 Å². The van der Waals surface area contributed by atoms with Crippen molar-refractivity contribution in [1.82, 2.24) is 0 Å². The molecule has 0 aliphatic heterocycles. The van der Waals surface area contributed by atoms with E-state index in [1.54, 1.807) is 19.1 Å². The van der Waals surface area contributed by atoms with Crippen LogP contribution in [0.4, 0.5) is 15.8 Å². The summed E-state index contributed by atoms with van der Waals surface area (Å²) in [6, 6.07) is 56.7. The lowest BCUT2D eigenvalue weighted by Crippen LogP contribution is -2.13. The van der Waals surface area contributed by atoms with Crippen molar-refractivity contribution in [1.29, 1.82) is 0 Å². The van der Waals surface area contributed by atoms with Gasteiger partial charge in [-0.1, -0.05) is 185 Å². The summed E-state index contributed by atoms with van der Waals surface area (Å²) in [6.45, 7) is 13.6. The Hall–Kier alpha value is -6.19. The van der Waals surface area contributed by atoms with Crippen LogP contribution >= 0.6 is 24.4 Å². The van der Waals surface area contributed by atoms with Crippen LogP contribution in [0.5, 0.6) is 0 Å². The first-order chi connectivity index (χ1) is 33.7. The van der Waals surface area contributed by atoms with Gasteiger partial charge in [0.15, 0.2) is 0 Å². The van der Waals surface area contributed by atoms with E-state index in [1.165, 1.54) is 101 Å². The lowest BCUT2D eigenvalue weighted by molar-refractivity contribution is 0.303. The monoisotopic (exact) mass is 948 g/mol. The van der Waals surface area contributed by atoms with E-state index in [1.807, 2.05) is 55.5 Å². The summed E-state index contributed by atoms with van der Waals surface area (Å²) in [5.74, 6) is 1.55. The molecule has 0 heterocycles. The highest BCUT2D eigenvalue weighted by atomic mass is 32.1. The number of hydrogen-bond donors (Lipinski definition) is 0. The molecule has 0 spiro atoms. The quantitative estimate of drug-likeness (QED) is 0.0470. The molecule has 1 saturated carbocycles. The standard InChI is InChI=1S/C24H31F.C22H19NS.C15H13NS.C3H6/c1-3-4-5-6-19-8-11-20(12-9-19)21-13-15-22(16-14-21)23-10-7-18(2)24(25)17-23;1-17-2-10-20(11-3-17)21-12-6-18(7-13-21)4-5-19-8-14-22(15-9-19)23-16-24;1-2-12-3-5-13(6-4-12)14-7-9-15(10-8-14)16-11-17;1-3-2/h7,10,13-17,19-20H,3-6,8-9,11-12H2,1-2H3;2-3,6-15H,4-5H2,1H3;3-10H,2H2,1H3;3H,1H2,2H3. The van der Waals surface area contributed by atoms with Crippen LogP contribution in [0.3, 0.4) is 0 Å². The molecule has 1 fully saturated rings. The zero-order valence-electron chi connectivity index (χ0n) is 41.4. The Balaban J connectivity index is 0.000000191. The third-order valence-corrected chi connectivity index (χ3v) is 13.0. The van der Waals surface area contributed by atoms with Gasteiger partial charge in [0.1, 0.15) is 5.82 Å². The van der Waals surface area contributed by atoms with Crippen molar-refractivity contribution in [3.8, 4) is 33.4 Å². The highest BCUT2D eigenvalue weighted by Gasteiger charge is 2.22. The van der Waals surface area contributed by atoms with E-state index in [4.69, 9.17) is 0 Å². The Morgan fingerprint density at radius 1 is 0.551 bits per heavy atom. The molecular weight excluding hydrogens is 880 g/mol. The maximum absolute atomic E-state index is 13.8. The smallest absolute Gasteiger partial charge is 0.126 e. The molecule has 7 aromatic rings. The maximum Gasteiger partial charge on any atom is 0.126 e. The molecule has 1 aliphatic carbocycles. The zero-order chi connectivity index (χ0) is 49.2. The van der Waals surface area contributed by atoms with E-state index in [9.17, 15) is 4.39 Å². The number of aryl methyl sites for hydroxylation is 5. The molecule has 2 nitrogen and oxygen atoms in total. The first-order valence-corrected chi connectivity index (χ1v) is 25.5. The average Bonchev–Trinajstić information content (AvgIpc) is 3.39. The molecule has 0 N–H and O–H groups in total. The third-order valence-electron chi connectivity index (χ3n) is 12.8. The molecular formula is C64H69FN2S2. The fourth-order valence-electron chi connectivity index (χ4n) is 8.59. The van der Waals surface area contributed by atoms with Gasteiger partial charge < -0.3 is 0 Å². The second-order valence-corrected chi connectivity index (χ2v) is 18.3. The normalized spacial score (nSPS) is 13.6. The van der Waals surface area contributed by atoms with Crippen LogP contribution in [0, 0.1) is 25.6 Å². The van der Waals surface area contributed by atoms with Crippen molar-refractivity contribution in [3.63, 3.8) is 0 Å². The van der Waals surface area contributed by atoms with E-state index < -0.39 is 0 Å². The van der Waals surface area contributed by atoms with E-state index >= 15 is 0 Å². The Labute approximate surface area is 424 Å². The van der Waals surface area contributed by atoms with Crippen LogP contribution in [-0.2, 0) is 19.3 Å². The number of allylic oxidation sites excluding steroid dienone is 1. The Morgan fingerprint density at radius 3 is 1.42 bits per heavy atom. The van der Waals surface area contributed by atoms with Crippen molar-refractivity contribution in [3.05, 3.63) is 216 Å². The largest absolute Gasteiger partial charge is 0.207 e. The predicted molar refractivity (Wildman–Crippen MR) is 302 cm³/mol. The fraction of sp³-hybridized carbons (Fsp3) is 0.281. The molecule has 7 aromatic carbocycles. The Kier molecular flexibility index (Phi) is 23.1. The minimum absolute atomic E-state index is 0.122. The van der Waals surface area contributed by atoms with Crippen molar-refractivity contribution < 1.29 is 4.39 Å². The summed E-state index contributed by atoms with van der Waals surface area (Å²) < 4.78 is 13.8. The summed E-state index contributed by atoms with van der Waals surface area (Å²) in [4.78, 5) is 7.91. The highest BCUT2D eigenvalue weighted by Crippen LogP contribution is 2.38. The van der Waals surface area contributed by atoms with Crippen LogP contribution in [0.1, 0.15) is 111 Å². The minimum Gasteiger partial charge on any atom is -0.207 e. The second-order valence-electron chi connectivity index (χ2n) is 17.9. The topological polar surface area (TPSA) is 24.7 Å². The van der Waals surface area contributed by atoms with Crippen molar-refractivity contribution in [2.45, 2.75) is 111 Å². The van der Waals surface area contributed by atoms with E-state index in [0.29, 0.717) is 11.5 Å². The summed E-state index contributed by atoms with van der Waals surface area (Å²) in [5.41, 5.74) is 16.2. The van der Waals surface area contributed by atoms with Gasteiger partial charge in [-0.3, -0.25) is 0 Å². The number of isothiocyanates is 2. The number of unbranched alkanes of at least 4 members (excludes halogenated alkanes) is 2. The summed E-state index contributed by atoms with van der Waals surface area (Å²) in [7, 11) is 0. The van der Waals surface area contributed by atoms with E-state index in [-0.39, 0.29) is 5.82 Å². The van der Waals surface area contributed by atoms with E-state index in [2.05, 4.69) is 181 Å². The van der Waals surface area contributed by atoms with Crippen molar-refractivity contribution in [2.24, 2.45) is 15.9 Å². The number of aliphatic imine (C=N–C) groups is 2. The van der Waals surface area contributed by atoms with Gasteiger partial charge in [-0.25, -0.2) is 4.39 Å². The van der Waals surface area contributed by atoms with E-state index in [0.717, 1.165) is 47.7 Å². The number of nitrogens with zero attached hydrogens (tertiary/aromatic N) is 2. The Morgan fingerprint density at radius 2 is 0.957 bits per heavy atom. The number of benzene rings is 7. The molecule has 0 bridgehead atoms. The molecule has 0 saturated heterocycles. The van der Waals surface area contributed by atoms with Crippen molar-refractivity contribution in [2.75, 3.05) is 0 Å². The molecule has 0 unspecified atom stereocenters. The van der Waals surface area contributed by atoms with Gasteiger partial charge in [-0.2, -0.15) is 9.98 Å². The number of rotatable bonds is 14. The molecule has 0 aromatic heterocycles. The fourth-order valence-corrected chi connectivity index (χ4v) is 8.80. The lowest BCUT2D eigenvalue weighted by atomic mass is 9.77. The predicted octanol–water partition coefficient (Wildman–Crippen LogP) is 19.7. The third kappa shape index (κ3) is 18.0. The summed E-state index contributed by atoms with van der Waals surface area (Å²) in [5, 5.41) is 4.76. The van der Waals surface area contributed by atoms with Crippen LogP contribution < -0.4 is 0 Å². The van der Waals surface area contributed by atoms with Crippen LogP contribution in [-0.4, -0.2) is 10.3 Å². The second kappa shape index (κ2) is 29.6. The highest BCUT2D eigenvalue weighted by molar-refractivity contribution is 7.78. The van der Waals surface area contributed by atoms with Gasteiger partial charge in [-0.05, 0) is 194 Å². The molecule has 1 aliphatic rings. The minimum atomic E-state index is -0.122. The SMILES string of the molecule is C=CC.CCCCCC1CCC(c2ccc(-c3ccc(C)c(F)c3)cc2)CC1.CCc1ccc(-c2ccc(N=C=S)cc2)cc1.Cc1ccc(-c2ccc(CCc3ccc(N=C=S)cc3)cc2)cc1. The van der Waals surface area contributed by atoms with Gasteiger partial charge in [0, 0.05) is 0 Å². The van der Waals surface area contributed by atoms with Gasteiger partial charge in [0.05, 0.1) is 21.7 Å². The number of hydrogen-bond acceptors (Lipinski definition) is 4. The molecule has 0 radical (unpaired) electrons. The molecule has 5 heteroatoms. The summed E-state index contributed by atoms with van der Waals surface area (Å²) in [6.07, 6.45) is 15.9. The van der Waals surface area contributed by atoms with Gasteiger partial charge in [0.25, 0.3) is 0 Å². The van der Waals surface area contributed by atoms with Gasteiger partial charge >= 0.3 is 0 Å². The van der Waals surface area contributed by atoms with Crippen LogP contribution in [0.2, 0.25) is 0 Å². The first-order valence-electron chi connectivity index (χ1n) is 24.7. The van der Waals surface area contributed by atoms with Gasteiger partial charge in [-0.15, -0.1) is 6.58 Å². The van der Waals surface area contributed by atoms with Crippen LogP contribution in [0.15, 0.2) is 186 Å². The molecule has 0 atom stereocenters. The first kappa shape index (κ1) is 53.8. The number of thiocarbonyl (C=S) groups is 2. The molecule has 69 heavy (non-hydrogen) atoms. The summed E-state index contributed by atoms with van der Waals surface area (Å²) >= 11 is 9.19. The lowest BCUT2D eigenvalue weighted by Gasteiger charge is -2.29. The zero-order valence-corrected chi connectivity index (χ0v) is 43.0.